The second kappa shape index (κ2) is 6.01. The molecule has 8 nitrogen and oxygen atoms in total. The van der Waals surface area contributed by atoms with Crippen LogP contribution in [0.5, 0.6) is 5.75 Å². The van der Waals surface area contributed by atoms with Crippen molar-refractivity contribution in [3.63, 3.8) is 0 Å². The number of hydrogen-bond acceptors (Lipinski definition) is 5. The van der Waals surface area contributed by atoms with Gasteiger partial charge in [-0.05, 0) is 6.07 Å². The van der Waals surface area contributed by atoms with Crippen LogP contribution < -0.4 is 16.2 Å². The van der Waals surface area contributed by atoms with Gasteiger partial charge in [-0.2, -0.15) is 0 Å². The highest BCUT2D eigenvalue weighted by Crippen LogP contribution is 2.27. The SMILES string of the molecule is NC(=O)C(Cl)C(Oc1ccccc1[N+](=O)[O-])C(N)=O. The minimum atomic E-state index is -1.60. The van der Waals surface area contributed by atoms with Gasteiger partial charge >= 0.3 is 5.69 Å². The van der Waals surface area contributed by atoms with Crippen molar-refractivity contribution in [2.24, 2.45) is 11.5 Å². The molecule has 0 fully saturated rings. The third kappa shape index (κ3) is 3.55. The van der Waals surface area contributed by atoms with Crippen LogP contribution in [0.2, 0.25) is 0 Å². The number of nitro benzene ring substituents is 1. The summed E-state index contributed by atoms with van der Waals surface area (Å²) in [5.41, 5.74) is 9.57. The minimum Gasteiger partial charge on any atom is -0.471 e. The first-order chi connectivity index (χ1) is 8.84. The summed E-state index contributed by atoms with van der Waals surface area (Å²) < 4.78 is 5.04. The highest BCUT2D eigenvalue weighted by atomic mass is 35.5. The van der Waals surface area contributed by atoms with Crippen LogP contribution in [0.1, 0.15) is 0 Å². The summed E-state index contributed by atoms with van der Waals surface area (Å²) in [7, 11) is 0. The number of carbonyl (C=O) groups excluding carboxylic acids is 2. The number of nitrogens with zero attached hydrogens (tertiary/aromatic N) is 1. The zero-order chi connectivity index (χ0) is 14.6. The quantitative estimate of drug-likeness (QED) is 0.428. The molecule has 0 heterocycles. The van der Waals surface area contributed by atoms with E-state index in [9.17, 15) is 19.7 Å². The van der Waals surface area contributed by atoms with E-state index in [1.165, 1.54) is 24.3 Å². The largest absolute Gasteiger partial charge is 0.471 e. The van der Waals surface area contributed by atoms with Gasteiger partial charge in [-0.25, -0.2) is 0 Å². The normalized spacial score (nSPS) is 13.3. The number of primary amides is 2. The lowest BCUT2D eigenvalue weighted by Crippen LogP contribution is -2.46. The van der Waals surface area contributed by atoms with Crippen molar-refractivity contribution in [1.82, 2.24) is 0 Å². The predicted octanol–water partition coefficient (Wildman–Crippen LogP) is -0.0798. The first-order valence-electron chi connectivity index (χ1n) is 4.97. The number of amides is 2. The van der Waals surface area contributed by atoms with E-state index >= 15 is 0 Å². The number of hydrogen-bond donors (Lipinski definition) is 2. The molecule has 9 heteroatoms. The lowest BCUT2D eigenvalue weighted by Gasteiger charge is -2.18. The topological polar surface area (TPSA) is 139 Å². The van der Waals surface area contributed by atoms with Crippen LogP contribution in [-0.4, -0.2) is 28.2 Å². The lowest BCUT2D eigenvalue weighted by molar-refractivity contribution is -0.386. The highest BCUT2D eigenvalue weighted by molar-refractivity contribution is 6.32. The Hall–Kier alpha value is -2.35. The third-order valence-electron chi connectivity index (χ3n) is 2.13. The van der Waals surface area contributed by atoms with Crippen LogP contribution in [0.25, 0.3) is 0 Å². The first-order valence-corrected chi connectivity index (χ1v) is 5.41. The monoisotopic (exact) mass is 287 g/mol. The van der Waals surface area contributed by atoms with Crippen molar-refractivity contribution < 1.29 is 19.2 Å². The molecule has 0 aliphatic rings. The summed E-state index contributed by atoms with van der Waals surface area (Å²) in [5, 5.41) is 9.23. The Kier molecular flexibility index (Phi) is 4.65. The second-order valence-corrected chi connectivity index (χ2v) is 3.94. The van der Waals surface area contributed by atoms with E-state index in [2.05, 4.69) is 0 Å². The Morgan fingerprint density at radius 3 is 2.32 bits per heavy atom. The summed E-state index contributed by atoms with van der Waals surface area (Å²) >= 11 is 5.59. The molecule has 0 saturated carbocycles. The number of para-hydroxylation sites is 2. The maximum Gasteiger partial charge on any atom is 0.310 e. The Morgan fingerprint density at radius 1 is 1.26 bits per heavy atom. The molecular weight excluding hydrogens is 278 g/mol. The van der Waals surface area contributed by atoms with E-state index in [0.717, 1.165) is 0 Å². The molecular formula is C10H10ClN3O5. The fourth-order valence-electron chi connectivity index (χ4n) is 1.26. The number of alkyl halides is 1. The number of nitrogens with two attached hydrogens (primary N) is 2. The van der Waals surface area contributed by atoms with Crippen molar-refractivity contribution in [1.29, 1.82) is 0 Å². The molecule has 1 rings (SSSR count). The molecule has 0 aromatic heterocycles. The standard InChI is InChI=1S/C10H10ClN3O5/c11-7(9(12)15)8(10(13)16)19-6-4-2-1-3-5(6)14(17)18/h1-4,7-8H,(H2,12,15)(H2,13,16). The van der Waals surface area contributed by atoms with Crippen molar-refractivity contribution in [2.45, 2.75) is 11.5 Å². The third-order valence-corrected chi connectivity index (χ3v) is 2.58. The molecule has 0 aliphatic heterocycles. The molecule has 4 N–H and O–H groups in total. The van der Waals surface area contributed by atoms with Gasteiger partial charge in [-0.1, -0.05) is 12.1 Å². The van der Waals surface area contributed by atoms with Gasteiger partial charge in [0.15, 0.2) is 11.1 Å². The molecule has 1 aromatic carbocycles. The van der Waals surface area contributed by atoms with Gasteiger partial charge < -0.3 is 16.2 Å². The zero-order valence-electron chi connectivity index (χ0n) is 9.49. The molecule has 2 amide bonds. The Morgan fingerprint density at radius 2 is 1.84 bits per heavy atom. The molecule has 2 atom stereocenters. The molecule has 0 bridgehead atoms. The molecule has 0 saturated heterocycles. The molecule has 0 spiro atoms. The number of rotatable bonds is 6. The van der Waals surface area contributed by atoms with Crippen LogP contribution >= 0.6 is 11.6 Å². The van der Waals surface area contributed by atoms with Crippen molar-refractivity contribution >= 4 is 29.1 Å². The average Bonchev–Trinajstić information content (AvgIpc) is 2.34. The van der Waals surface area contributed by atoms with Gasteiger partial charge in [0.25, 0.3) is 5.91 Å². The van der Waals surface area contributed by atoms with Crippen LogP contribution in [0.4, 0.5) is 5.69 Å². The summed E-state index contributed by atoms with van der Waals surface area (Å²) in [4.78, 5) is 32.1. The van der Waals surface area contributed by atoms with Gasteiger partial charge in [0.05, 0.1) is 4.92 Å². The fourth-order valence-corrected chi connectivity index (χ4v) is 1.43. The molecule has 0 radical (unpaired) electrons. The van der Waals surface area contributed by atoms with E-state index in [4.69, 9.17) is 27.8 Å². The summed E-state index contributed by atoms with van der Waals surface area (Å²) in [5.74, 6) is -2.32. The number of carbonyl (C=O) groups is 2. The number of halogens is 1. The number of nitro groups is 1. The van der Waals surface area contributed by atoms with Crippen LogP contribution in [0, 0.1) is 10.1 Å². The second-order valence-electron chi connectivity index (χ2n) is 3.47. The zero-order valence-corrected chi connectivity index (χ0v) is 10.2. The Labute approximate surface area is 112 Å². The Balaban J connectivity index is 3.07. The first kappa shape index (κ1) is 14.7. The number of ether oxygens (including phenoxy) is 1. The summed E-state index contributed by atoms with van der Waals surface area (Å²) in [6, 6.07) is 5.28. The molecule has 19 heavy (non-hydrogen) atoms. The Bertz CT molecular complexity index is 522. The smallest absolute Gasteiger partial charge is 0.310 e. The van der Waals surface area contributed by atoms with Gasteiger partial charge in [0.1, 0.15) is 0 Å². The minimum absolute atomic E-state index is 0.233. The molecule has 102 valence electrons. The maximum atomic E-state index is 11.2. The van der Waals surface area contributed by atoms with Gasteiger partial charge in [-0.15, -0.1) is 11.6 Å². The molecule has 0 aliphatic carbocycles. The molecule has 1 aromatic rings. The van der Waals surface area contributed by atoms with E-state index in [1.54, 1.807) is 0 Å². The fraction of sp³-hybridized carbons (Fsp3) is 0.200. The van der Waals surface area contributed by atoms with Crippen molar-refractivity contribution in [2.75, 3.05) is 0 Å². The van der Waals surface area contributed by atoms with Gasteiger partial charge in [0.2, 0.25) is 12.0 Å². The molecule has 2 unspecified atom stereocenters. The van der Waals surface area contributed by atoms with Gasteiger partial charge in [-0.3, -0.25) is 19.7 Å². The summed E-state index contributed by atoms with van der Waals surface area (Å²) in [6.45, 7) is 0. The van der Waals surface area contributed by atoms with E-state index < -0.39 is 28.2 Å². The van der Waals surface area contributed by atoms with E-state index in [1.807, 2.05) is 0 Å². The van der Waals surface area contributed by atoms with Gasteiger partial charge in [0, 0.05) is 6.07 Å². The predicted molar refractivity (Wildman–Crippen MR) is 65.5 cm³/mol. The lowest BCUT2D eigenvalue weighted by atomic mass is 10.2. The maximum absolute atomic E-state index is 11.2. The summed E-state index contributed by atoms with van der Waals surface area (Å²) in [6.07, 6.45) is -1.60. The van der Waals surface area contributed by atoms with Crippen LogP contribution in [0.15, 0.2) is 24.3 Å². The van der Waals surface area contributed by atoms with Crippen molar-refractivity contribution in [3.05, 3.63) is 34.4 Å². The van der Waals surface area contributed by atoms with E-state index in [-0.39, 0.29) is 11.4 Å². The average molecular weight is 288 g/mol. The van der Waals surface area contributed by atoms with E-state index in [0.29, 0.717) is 0 Å². The highest BCUT2D eigenvalue weighted by Gasteiger charge is 2.33. The van der Waals surface area contributed by atoms with Crippen LogP contribution in [-0.2, 0) is 9.59 Å². The van der Waals surface area contributed by atoms with Crippen LogP contribution in [0.3, 0.4) is 0 Å². The number of benzene rings is 1. The van der Waals surface area contributed by atoms with Crippen molar-refractivity contribution in [3.8, 4) is 5.75 Å².